The van der Waals surface area contributed by atoms with Gasteiger partial charge in [-0.05, 0) is 44.0 Å². The highest BCUT2D eigenvalue weighted by Gasteiger charge is 2.20. The van der Waals surface area contributed by atoms with Gasteiger partial charge >= 0.3 is 0 Å². The number of hydrogen-bond donors (Lipinski definition) is 1. The minimum Gasteiger partial charge on any atom is -0.302 e. The van der Waals surface area contributed by atoms with E-state index in [-0.39, 0.29) is 0 Å². The summed E-state index contributed by atoms with van der Waals surface area (Å²) in [4.78, 5) is 2.62. The molecule has 0 amide bonds. The van der Waals surface area contributed by atoms with Crippen LogP contribution in [0.1, 0.15) is 49.4 Å². The summed E-state index contributed by atoms with van der Waals surface area (Å²) in [6.45, 7) is 5.85. The summed E-state index contributed by atoms with van der Waals surface area (Å²) < 4.78 is 0. The molecule has 0 saturated carbocycles. The Morgan fingerprint density at radius 3 is 2.00 bits per heavy atom. The molecule has 2 aromatic rings. The number of benzene rings is 2. The van der Waals surface area contributed by atoms with E-state index >= 15 is 0 Å². The highest BCUT2D eigenvalue weighted by molar-refractivity contribution is 5.22. The maximum absolute atomic E-state index is 3.86. The van der Waals surface area contributed by atoms with Crippen LogP contribution in [-0.4, -0.2) is 24.5 Å². The summed E-state index contributed by atoms with van der Waals surface area (Å²) in [5.74, 6) is 0. The van der Waals surface area contributed by atoms with Crippen LogP contribution in [0, 0.1) is 0 Å². The van der Waals surface area contributed by atoms with Crippen molar-refractivity contribution in [2.45, 2.75) is 38.3 Å². The van der Waals surface area contributed by atoms with E-state index in [4.69, 9.17) is 0 Å². The average Bonchev–Trinajstić information content (AvgIpc) is 2.63. The summed E-state index contributed by atoms with van der Waals surface area (Å²) in [6, 6.07) is 22.4. The maximum Gasteiger partial charge on any atom is 0.0453 e. The predicted molar refractivity (Wildman–Crippen MR) is 97.5 cm³/mol. The van der Waals surface area contributed by atoms with E-state index < -0.39 is 0 Å². The number of nitrogens with one attached hydrogen (secondary N) is 1. The van der Waals surface area contributed by atoms with Crippen molar-refractivity contribution in [1.82, 2.24) is 10.2 Å². The van der Waals surface area contributed by atoms with Gasteiger partial charge in [0.15, 0.2) is 0 Å². The standard InChI is InChI=1S/C21H28N2/c1-18(19-11-5-2-6-12-19)22-21(20-13-7-3-8-14-20)17-23-15-9-4-10-16-23/h2-3,5-8,11-14,18,21-22H,4,9-10,15-17H2,1H3/t18-,21-/m1/s1. The quantitative estimate of drug-likeness (QED) is 0.841. The molecule has 1 fully saturated rings. The van der Waals surface area contributed by atoms with E-state index in [0.717, 1.165) is 6.54 Å². The van der Waals surface area contributed by atoms with Gasteiger partial charge in [0.25, 0.3) is 0 Å². The van der Waals surface area contributed by atoms with Crippen molar-refractivity contribution in [2.24, 2.45) is 0 Å². The van der Waals surface area contributed by atoms with Gasteiger partial charge < -0.3 is 10.2 Å². The van der Waals surface area contributed by atoms with E-state index in [1.165, 1.54) is 43.5 Å². The third-order valence-corrected chi connectivity index (χ3v) is 4.84. The van der Waals surface area contributed by atoms with Crippen molar-refractivity contribution in [3.8, 4) is 0 Å². The molecule has 2 nitrogen and oxygen atoms in total. The molecule has 0 aromatic heterocycles. The maximum atomic E-state index is 3.86. The van der Waals surface area contributed by atoms with Crippen molar-refractivity contribution in [2.75, 3.05) is 19.6 Å². The fourth-order valence-electron chi connectivity index (χ4n) is 3.48. The summed E-state index contributed by atoms with van der Waals surface area (Å²) in [6.07, 6.45) is 4.08. The lowest BCUT2D eigenvalue weighted by Crippen LogP contribution is -2.39. The first kappa shape index (κ1) is 16.2. The van der Waals surface area contributed by atoms with E-state index in [0.29, 0.717) is 12.1 Å². The number of likely N-dealkylation sites (tertiary alicyclic amines) is 1. The Morgan fingerprint density at radius 2 is 1.39 bits per heavy atom. The summed E-state index contributed by atoms with van der Waals surface area (Å²) in [7, 11) is 0. The molecule has 0 unspecified atom stereocenters. The molecule has 2 aromatic carbocycles. The molecule has 122 valence electrons. The molecular weight excluding hydrogens is 280 g/mol. The van der Waals surface area contributed by atoms with E-state index in [1.54, 1.807) is 0 Å². The molecule has 1 aliphatic rings. The Morgan fingerprint density at radius 1 is 0.826 bits per heavy atom. The van der Waals surface area contributed by atoms with Crippen LogP contribution in [0.3, 0.4) is 0 Å². The van der Waals surface area contributed by atoms with Crippen molar-refractivity contribution in [3.63, 3.8) is 0 Å². The molecule has 0 radical (unpaired) electrons. The normalized spacial score (nSPS) is 18.5. The van der Waals surface area contributed by atoms with Crippen molar-refractivity contribution in [3.05, 3.63) is 71.8 Å². The van der Waals surface area contributed by atoms with Crippen molar-refractivity contribution < 1.29 is 0 Å². The minimum atomic E-state index is 0.353. The Labute approximate surface area is 140 Å². The van der Waals surface area contributed by atoms with Gasteiger partial charge in [-0.25, -0.2) is 0 Å². The predicted octanol–water partition coefficient (Wildman–Crippen LogP) is 4.56. The lowest BCUT2D eigenvalue weighted by atomic mass is 10.0. The number of piperidine rings is 1. The fraction of sp³-hybridized carbons (Fsp3) is 0.429. The van der Waals surface area contributed by atoms with E-state index in [9.17, 15) is 0 Å². The summed E-state index contributed by atoms with van der Waals surface area (Å²) in [5.41, 5.74) is 2.74. The Balaban J connectivity index is 1.72. The number of hydrogen-bond acceptors (Lipinski definition) is 2. The first-order valence-corrected chi connectivity index (χ1v) is 8.91. The van der Waals surface area contributed by atoms with Crippen LogP contribution in [0.2, 0.25) is 0 Å². The van der Waals surface area contributed by atoms with Crippen molar-refractivity contribution in [1.29, 1.82) is 0 Å². The van der Waals surface area contributed by atoms with Crippen LogP contribution in [0.15, 0.2) is 60.7 Å². The smallest absolute Gasteiger partial charge is 0.0453 e. The molecule has 3 rings (SSSR count). The van der Waals surface area contributed by atoms with Crippen LogP contribution in [0.5, 0.6) is 0 Å². The minimum absolute atomic E-state index is 0.353. The monoisotopic (exact) mass is 308 g/mol. The molecule has 1 aliphatic heterocycles. The van der Waals surface area contributed by atoms with Crippen molar-refractivity contribution >= 4 is 0 Å². The highest BCUT2D eigenvalue weighted by Crippen LogP contribution is 2.22. The van der Waals surface area contributed by atoms with E-state index in [1.807, 2.05) is 0 Å². The van der Waals surface area contributed by atoms with Crippen LogP contribution < -0.4 is 5.32 Å². The third-order valence-electron chi connectivity index (χ3n) is 4.84. The molecule has 2 heteroatoms. The lowest BCUT2D eigenvalue weighted by molar-refractivity contribution is 0.201. The van der Waals surface area contributed by atoms with Gasteiger partial charge in [-0.3, -0.25) is 0 Å². The second-order valence-electron chi connectivity index (χ2n) is 6.62. The average molecular weight is 308 g/mol. The van der Waals surface area contributed by atoms with Gasteiger partial charge in [0.2, 0.25) is 0 Å². The van der Waals surface area contributed by atoms with Crippen LogP contribution in [0.4, 0.5) is 0 Å². The number of nitrogens with zero attached hydrogens (tertiary/aromatic N) is 1. The first-order valence-electron chi connectivity index (χ1n) is 8.91. The first-order chi connectivity index (χ1) is 11.3. The Kier molecular flexibility index (Phi) is 5.84. The molecule has 1 heterocycles. The van der Waals surface area contributed by atoms with Gasteiger partial charge in [-0.15, -0.1) is 0 Å². The summed E-state index contributed by atoms with van der Waals surface area (Å²) in [5, 5.41) is 3.86. The van der Waals surface area contributed by atoms with E-state index in [2.05, 4.69) is 77.8 Å². The SMILES string of the molecule is C[C@@H](N[C@H](CN1CCCCC1)c1ccccc1)c1ccccc1. The molecule has 0 aliphatic carbocycles. The van der Waals surface area contributed by atoms with Gasteiger partial charge in [0.05, 0.1) is 0 Å². The molecule has 0 bridgehead atoms. The fourth-order valence-corrected chi connectivity index (χ4v) is 3.48. The van der Waals surface area contributed by atoms with Gasteiger partial charge in [-0.1, -0.05) is 67.1 Å². The van der Waals surface area contributed by atoms with Gasteiger partial charge in [0.1, 0.15) is 0 Å². The van der Waals surface area contributed by atoms with Crippen LogP contribution >= 0.6 is 0 Å². The largest absolute Gasteiger partial charge is 0.302 e. The zero-order chi connectivity index (χ0) is 15.9. The van der Waals surface area contributed by atoms with Crippen LogP contribution in [-0.2, 0) is 0 Å². The zero-order valence-electron chi connectivity index (χ0n) is 14.1. The second-order valence-corrected chi connectivity index (χ2v) is 6.62. The molecular formula is C21H28N2. The zero-order valence-corrected chi connectivity index (χ0v) is 14.1. The number of rotatable bonds is 6. The molecule has 1 saturated heterocycles. The Bertz CT molecular complexity index is 561. The molecule has 0 spiro atoms. The van der Waals surface area contributed by atoms with Gasteiger partial charge in [0, 0.05) is 18.6 Å². The summed E-state index contributed by atoms with van der Waals surface area (Å²) >= 11 is 0. The molecule has 2 atom stereocenters. The topological polar surface area (TPSA) is 15.3 Å². The molecule has 1 N–H and O–H groups in total. The Hall–Kier alpha value is -1.64. The van der Waals surface area contributed by atoms with Crippen LogP contribution in [0.25, 0.3) is 0 Å². The highest BCUT2D eigenvalue weighted by atomic mass is 15.2. The third kappa shape index (κ3) is 4.66. The lowest BCUT2D eigenvalue weighted by Gasteiger charge is -2.32. The van der Waals surface area contributed by atoms with Gasteiger partial charge in [-0.2, -0.15) is 0 Å². The second kappa shape index (κ2) is 8.28. The molecule has 23 heavy (non-hydrogen) atoms.